The van der Waals surface area contributed by atoms with E-state index in [0.717, 1.165) is 24.1 Å². The summed E-state index contributed by atoms with van der Waals surface area (Å²) in [4.78, 5) is 27.5. The van der Waals surface area contributed by atoms with Crippen LogP contribution in [0, 0.1) is 12.8 Å². The molecule has 1 N–H and O–H groups in total. The van der Waals surface area contributed by atoms with E-state index in [-0.39, 0.29) is 36.0 Å². The maximum absolute atomic E-state index is 13.2. The van der Waals surface area contributed by atoms with Crippen LogP contribution >= 0.6 is 12.4 Å². The molecule has 0 saturated carbocycles. The highest BCUT2D eigenvalue weighted by atomic mass is 35.5. The molecule has 0 unspecified atom stereocenters. The van der Waals surface area contributed by atoms with Crippen LogP contribution in [0.15, 0.2) is 66.7 Å². The van der Waals surface area contributed by atoms with E-state index in [2.05, 4.69) is 44.7 Å². The second-order valence-corrected chi connectivity index (χ2v) is 10.8. The number of aromatic hydroxyl groups is 1. The summed E-state index contributed by atoms with van der Waals surface area (Å²) >= 11 is 0. The van der Waals surface area contributed by atoms with Gasteiger partial charge in [-0.1, -0.05) is 44.2 Å². The number of phenols is 1. The van der Waals surface area contributed by atoms with Crippen LogP contribution < -0.4 is 9.47 Å². The van der Waals surface area contributed by atoms with Gasteiger partial charge in [0.25, 0.3) is 0 Å². The first-order valence-corrected chi connectivity index (χ1v) is 13.7. The zero-order valence-corrected chi connectivity index (χ0v) is 25.3. The minimum atomic E-state index is -0.527. The van der Waals surface area contributed by atoms with Gasteiger partial charge in [-0.2, -0.15) is 0 Å². The summed E-state index contributed by atoms with van der Waals surface area (Å²) in [6, 6.07) is 20.4. The van der Waals surface area contributed by atoms with E-state index < -0.39 is 5.97 Å². The molecule has 0 fully saturated rings. The van der Waals surface area contributed by atoms with Crippen molar-refractivity contribution in [3.05, 3.63) is 89.0 Å². The van der Waals surface area contributed by atoms with Crippen molar-refractivity contribution < 1.29 is 24.2 Å². The molecule has 0 aliphatic heterocycles. The molecule has 0 aliphatic rings. The second-order valence-electron chi connectivity index (χ2n) is 10.8. The van der Waals surface area contributed by atoms with Gasteiger partial charge in [0.1, 0.15) is 17.2 Å². The molecule has 3 rings (SSSR count). The Bertz CT molecular complexity index is 1250. The molecule has 216 valence electrons. The topological polar surface area (TPSA) is 76.1 Å². The molecule has 0 aliphatic carbocycles. The standard InChI is InChI=1S/C33H41NO5.ClH/c1-21(2)32(36)38-27-15-13-26(14-16-27)33(37)39-30-18-17-29(35)24(7)31(30)28(25-11-9-8-10-12-25)19-20-34(22(3)4)23(5)6;/h8-18,21-23,28,35H,19-20H2,1-7H3;1H/t28-;/m1./s1. The van der Waals surface area contributed by atoms with Gasteiger partial charge < -0.3 is 14.6 Å². The highest BCUT2D eigenvalue weighted by Gasteiger charge is 2.26. The van der Waals surface area contributed by atoms with E-state index in [4.69, 9.17) is 9.47 Å². The molecular formula is C33H42ClNO5. The number of halogens is 1. The molecule has 0 spiro atoms. The van der Waals surface area contributed by atoms with Crippen LogP contribution in [0.1, 0.15) is 80.9 Å². The van der Waals surface area contributed by atoms with Gasteiger partial charge in [-0.3, -0.25) is 9.69 Å². The number of carbonyl (C=O) groups excluding carboxylic acids is 2. The molecule has 7 heteroatoms. The van der Waals surface area contributed by atoms with E-state index in [1.165, 1.54) is 0 Å². The molecular weight excluding hydrogens is 526 g/mol. The molecule has 6 nitrogen and oxygen atoms in total. The van der Waals surface area contributed by atoms with Crippen molar-refractivity contribution in [2.24, 2.45) is 5.92 Å². The van der Waals surface area contributed by atoms with Gasteiger partial charge in [0.05, 0.1) is 11.5 Å². The summed E-state index contributed by atoms with van der Waals surface area (Å²) in [5.41, 5.74) is 2.90. The number of ether oxygens (including phenoxy) is 2. The normalized spacial score (nSPS) is 12.0. The van der Waals surface area contributed by atoms with Crippen molar-refractivity contribution in [1.29, 1.82) is 0 Å². The lowest BCUT2D eigenvalue weighted by molar-refractivity contribution is -0.137. The largest absolute Gasteiger partial charge is 0.508 e. The number of nitrogens with zero attached hydrogens (tertiary/aromatic N) is 1. The maximum atomic E-state index is 13.2. The van der Waals surface area contributed by atoms with Crippen LogP contribution in [0.2, 0.25) is 0 Å². The van der Waals surface area contributed by atoms with Crippen molar-refractivity contribution in [2.45, 2.75) is 72.9 Å². The summed E-state index contributed by atoms with van der Waals surface area (Å²) < 4.78 is 11.3. The van der Waals surface area contributed by atoms with Crippen molar-refractivity contribution in [2.75, 3.05) is 6.54 Å². The molecule has 3 aromatic carbocycles. The lowest BCUT2D eigenvalue weighted by atomic mass is 9.84. The van der Waals surface area contributed by atoms with Crippen molar-refractivity contribution >= 4 is 24.3 Å². The summed E-state index contributed by atoms with van der Waals surface area (Å²) in [6.45, 7) is 15.0. The van der Waals surface area contributed by atoms with Crippen LogP contribution in [-0.2, 0) is 4.79 Å². The predicted molar refractivity (Wildman–Crippen MR) is 162 cm³/mol. The van der Waals surface area contributed by atoms with Gasteiger partial charge in [-0.15, -0.1) is 12.4 Å². The lowest BCUT2D eigenvalue weighted by Crippen LogP contribution is -2.38. The molecule has 3 aromatic rings. The van der Waals surface area contributed by atoms with E-state index in [1.54, 1.807) is 50.2 Å². The SMILES string of the molecule is Cc1c(O)ccc(OC(=O)c2ccc(OC(=O)C(C)C)cc2)c1[C@H](CCN(C(C)C)C(C)C)c1ccccc1.Cl. The third kappa shape index (κ3) is 8.33. The number of hydrogen-bond donors (Lipinski definition) is 1. The van der Waals surface area contributed by atoms with Gasteiger partial charge in [-0.05, 0) is 95.1 Å². The zero-order valence-electron chi connectivity index (χ0n) is 24.5. The fourth-order valence-electron chi connectivity index (χ4n) is 4.82. The van der Waals surface area contributed by atoms with Gasteiger partial charge in [0.2, 0.25) is 0 Å². The fourth-order valence-corrected chi connectivity index (χ4v) is 4.82. The number of rotatable bonds is 11. The Balaban J connectivity index is 0.00000560. The van der Waals surface area contributed by atoms with Gasteiger partial charge in [-0.25, -0.2) is 4.79 Å². The monoisotopic (exact) mass is 567 g/mol. The third-order valence-corrected chi connectivity index (χ3v) is 6.98. The van der Waals surface area contributed by atoms with E-state index in [9.17, 15) is 14.7 Å². The molecule has 0 aromatic heterocycles. The number of benzene rings is 3. The smallest absolute Gasteiger partial charge is 0.343 e. The third-order valence-electron chi connectivity index (χ3n) is 6.98. The van der Waals surface area contributed by atoms with Gasteiger partial charge in [0, 0.05) is 23.6 Å². The second kappa shape index (κ2) is 14.9. The molecule has 40 heavy (non-hydrogen) atoms. The molecule has 0 amide bonds. The van der Waals surface area contributed by atoms with Crippen LogP contribution in [0.3, 0.4) is 0 Å². The summed E-state index contributed by atoms with van der Waals surface area (Å²) in [5.74, 6) is -0.270. The minimum absolute atomic E-state index is 0. The Morgan fingerprint density at radius 2 is 1.43 bits per heavy atom. The predicted octanol–water partition coefficient (Wildman–Crippen LogP) is 7.54. The van der Waals surface area contributed by atoms with Gasteiger partial charge >= 0.3 is 11.9 Å². The van der Waals surface area contributed by atoms with Crippen molar-refractivity contribution in [3.63, 3.8) is 0 Å². The van der Waals surface area contributed by atoms with E-state index in [1.807, 2.05) is 25.1 Å². The summed E-state index contributed by atoms with van der Waals surface area (Å²) in [6.07, 6.45) is 0.783. The lowest BCUT2D eigenvalue weighted by Gasteiger charge is -2.33. The van der Waals surface area contributed by atoms with Crippen molar-refractivity contribution in [3.8, 4) is 17.2 Å². The number of carbonyl (C=O) groups is 2. The number of hydrogen-bond acceptors (Lipinski definition) is 6. The quantitative estimate of drug-likeness (QED) is 0.190. The first-order chi connectivity index (χ1) is 18.5. The average Bonchev–Trinajstić information content (AvgIpc) is 2.90. The molecule has 0 heterocycles. The highest BCUT2D eigenvalue weighted by molar-refractivity contribution is 5.91. The van der Waals surface area contributed by atoms with E-state index in [0.29, 0.717) is 34.7 Å². The minimum Gasteiger partial charge on any atom is -0.508 e. The summed E-state index contributed by atoms with van der Waals surface area (Å²) in [5, 5.41) is 10.7. The average molecular weight is 568 g/mol. The Labute approximate surface area is 244 Å². The van der Waals surface area contributed by atoms with Crippen LogP contribution in [0.5, 0.6) is 17.2 Å². The van der Waals surface area contributed by atoms with Crippen molar-refractivity contribution in [1.82, 2.24) is 4.90 Å². The molecule has 0 radical (unpaired) electrons. The van der Waals surface area contributed by atoms with E-state index >= 15 is 0 Å². The Morgan fingerprint density at radius 3 is 1.98 bits per heavy atom. The Kier molecular flexibility index (Phi) is 12.2. The van der Waals surface area contributed by atoms with Crippen LogP contribution in [-0.4, -0.2) is 40.6 Å². The first kappa shape index (κ1) is 32.9. The summed E-state index contributed by atoms with van der Waals surface area (Å²) in [7, 11) is 0. The Hall–Kier alpha value is -3.35. The first-order valence-electron chi connectivity index (χ1n) is 13.7. The number of esters is 2. The molecule has 0 saturated heterocycles. The zero-order chi connectivity index (χ0) is 28.7. The van der Waals surface area contributed by atoms with Crippen LogP contribution in [0.25, 0.3) is 0 Å². The van der Waals surface area contributed by atoms with Crippen LogP contribution in [0.4, 0.5) is 0 Å². The highest BCUT2D eigenvalue weighted by Crippen LogP contribution is 2.40. The number of phenolic OH excluding ortho intramolecular Hbond substituents is 1. The maximum Gasteiger partial charge on any atom is 0.343 e. The Morgan fingerprint density at radius 1 is 0.825 bits per heavy atom. The fraction of sp³-hybridized carbons (Fsp3) is 0.394. The van der Waals surface area contributed by atoms with Gasteiger partial charge in [0.15, 0.2) is 0 Å². The molecule has 1 atom stereocenters. The molecule has 0 bridgehead atoms.